The molecule has 0 atom stereocenters. The molecule has 6 rings (SSSR count). The van der Waals surface area contributed by atoms with Gasteiger partial charge < -0.3 is 25.4 Å². The summed E-state index contributed by atoms with van der Waals surface area (Å²) in [5.41, 5.74) is 2.40. The van der Waals surface area contributed by atoms with Crippen LogP contribution in [-0.2, 0) is 4.74 Å². The summed E-state index contributed by atoms with van der Waals surface area (Å²) in [6, 6.07) is 6.37. The summed E-state index contributed by atoms with van der Waals surface area (Å²) in [4.78, 5) is 26.7. The highest BCUT2D eigenvalue weighted by Crippen LogP contribution is 2.40. The topological polar surface area (TPSA) is 147 Å². The van der Waals surface area contributed by atoms with Crippen LogP contribution in [-0.4, -0.2) is 94.2 Å². The molecular formula is C26H31ClN10O3. The van der Waals surface area contributed by atoms with Crippen LogP contribution < -0.4 is 20.4 Å². The SMILES string of the molecule is CN(C(=O)O)c1cc(Nc2nc(NC3CC3)c3ncc(C#N)n3n2)c(Cl)c(N2CCC(N3CCOCC3)CC2)c1. The van der Waals surface area contributed by atoms with Gasteiger partial charge in [0.15, 0.2) is 17.2 Å². The molecule has 1 amide bonds. The minimum atomic E-state index is -1.09. The number of aromatic nitrogens is 4. The van der Waals surface area contributed by atoms with E-state index in [1.54, 1.807) is 6.07 Å². The highest BCUT2D eigenvalue weighted by atomic mass is 35.5. The van der Waals surface area contributed by atoms with Gasteiger partial charge in [-0.3, -0.25) is 9.80 Å². The number of rotatable bonds is 7. The van der Waals surface area contributed by atoms with Gasteiger partial charge in [0.25, 0.3) is 0 Å². The van der Waals surface area contributed by atoms with Crippen LogP contribution in [0, 0.1) is 11.3 Å². The van der Waals surface area contributed by atoms with Gasteiger partial charge in [0.1, 0.15) is 6.07 Å². The van der Waals surface area contributed by atoms with Crippen molar-refractivity contribution in [3.05, 3.63) is 29.0 Å². The first-order chi connectivity index (χ1) is 19.4. The Hall–Kier alpha value is -3.86. The molecule has 14 heteroatoms. The number of carbonyl (C=O) groups is 1. The van der Waals surface area contributed by atoms with Crippen LogP contribution in [0.25, 0.3) is 5.65 Å². The predicted octanol–water partition coefficient (Wildman–Crippen LogP) is 3.38. The minimum absolute atomic E-state index is 0.208. The van der Waals surface area contributed by atoms with Gasteiger partial charge in [0, 0.05) is 45.3 Å². The fourth-order valence-corrected chi connectivity index (χ4v) is 5.56. The quantitative estimate of drug-likeness (QED) is 0.386. The van der Waals surface area contributed by atoms with Crippen molar-refractivity contribution in [2.24, 2.45) is 0 Å². The molecule has 3 aromatic rings. The molecule has 2 aliphatic heterocycles. The van der Waals surface area contributed by atoms with E-state index < -0.39 is 6.09 Å². The van der Waals surface area contributed by atoms with E-state index in [0.29, 0.717) is 39.9 Å². The number of piperidine rings is 1. The molecule has 0 bridgehead atoms. The van der Waals surface area contributed by atoms with Crippen LogP contribution in [0.1, 0.15) is 31.4 Å². The Kier molecular flexibility index (Phi) is 7.22. The fraction of sp³-hybridized carbons (Fsp3) is 0.500. The monoisotopic (exact) mass is 566 g/mol. The summed E-state index contributed by atoms with van der Waals surface area (Å²) < 4.78 is 6.95. The van der Waals surface area contributed by atoms with E-state index in [4.69, 9.17) is 16.3 Å². The van der Waals surface area contributed by atoms with Crippen molar-refractivity contribution >= 4 is 52.2 Å². The van der Waals surface area contributed by atoms with Gasteiger partial charge in [-0.2, -0.15) is 14.8 Å². The second kappa shape index (κ2) is 11.0. The number of carboxylic acid groups (broad SMARTS) is 1. The van der Waals surface area contributed by atoms with Gasteiger partial charge in [0.05, 0.1) is 41.5 Å². The van der Waals surface area contributed by atoms with Crippen molar-refractivity contribution in [1.82, 2.24) is 24.5 Å². The maximum atomic E-state index is 11.9. The Labute approximate surface area is 236 Å². The van der Waals surface area contributed by atoms with Crippen LogP contribution >= 0.6 is 11.6 Å². The van der Waals surface area contributed by atoms with Crippen LogP contribution in [0.3, 0.4) is 0 Å². The molecule has 1 aromatic carbocycles. The predicted molar refractivity (Wildman–Crippen MR) is 151 cm³/mol. The van der Waals surface area contributed by atoms with Gasteiger partial charge in [-0.15, -0.1) is 5.10 Å². The molecule has 40 heavy (non-hydrogen) atoms. The second-order valence-corrected chi connectivity index (χ2v) is 10.7. The number of hydrogen-bond donors (Lipinski definition) is 3. The van der Waals surface area contributed by atoms with E-state index in [-0.39, 0.29) is 11.6 Å². The van der Waals surface area contributed by atoms with Gasteiger partial charge >= 0.3 is 6.09 Å². The lowest BCUT2D eigenvalue weighted by Gasteiger charge is -2.41. The maximum absolute atomic E-state index is 11.9. The molecule has 3 N–H and O–H groups in total. The molecule has 0 unspecified atom stereocenters. The number of fused-ring (bicyclic) bond motifs is 1. The summed E-state index contributed by atoms with van der Waals surface area (Å²) in [5, 5.41) is 30.8. The Bertz CT molecular complexity index is 1460. The number of anilines is 5. The minimum Gasteiger partial charge on any atom is -0.465 e. The number of halogens is 1. The summed E-state index contributed by atoms with van der Waals surface area (Å²) in [5.74, 6) is 0.723. The number of imidazole rings is 1. The summed E-state index contributed by atoms with van der Waals surface area (Å²) >= 11 is 6.98. The van der Waals surface area contributed by atoms with E-state index in [9.17, 15) is 15.2 Å². The van der Waals surface area contributed by atoms with Crippen molar-refractivity contribution in [2.75, 3.05) is 66.9 Å². The van der Waals surface area contributed by atoms with Gasteiger partial charge in [-0.1, -0.05) is 11.6 Å². The Balaban J connectivity index is 1.32. The lowest BCUT2D eigenvalue weighted by atomic mass is 10.0. The zero-order valence-electron chi connectivity index (χ0n) is 22.2. The van der Waals surface area contributed by atoms with Crippen molar-refractivity contribution in [2.45, 2.75) is 37.8 Å². The first-order valence-electron chi connectivity index (χ1n) is 13.5. The summed E-state index contributed by atoms with van der Waals surface area (Å²) in [7, 11) is 1.49. The molecule has 0 spiro atoms. The van der Waals surface area contributed by atoms with Crippen molar-refractivity contribution in [1.29, 1.82) is 5.26 Å². The van der Waals surface area contributed by atoms with Crippen LogP contribution in [0.15, 0.2) is 18.3 Å². The van der Waals surface area contributed by atoms with E-state index in [0.717, 1.165) is 75.7 Å². The normalized spacial score (nSPS) is 18.5. The first kappa shape index (κ1) is 26.4. The lowest BCUT2D eigenvalue weighted by molar-refractivity contribution is 0.0115. The average Bonchev–Trinajstić information content (AvgIpc) is 3.70. The summed E-state index contributed by atoms with van der Waals surface area (Å²) in [6.07, 6.45) is 4.39. The number of benzene rings is 1. The first-order valence-corrected chi connectivity index (χ1v) is 13.9. The molecule has 4 heterocycles. The molecule has 3 aliphatic rings. The third kappa shape index (κ3) is 5.30. The number of hydrogen-bond acceptors (Lipinski definition) is 10. The smallest absolute Gasteiger partial charge is 0.411 e. The van der Waals surface area contributed by atoms with Crippen molar-refractivity contribution in [3.63, 3.8) is 0 Å². The standard InChI is InChI=1S/C26H31ClN10O3/c1-34(26(38)39)18-12-20(22(27)21(13-18)36-6-4-17(5-7-36)35-8-10-40-11-9-35)31-25-32-23(30-16-2-3-16)24-29-15-19(14-28)37(24)33-25/h12-13,15-17H,2-11H2,1H3,(H,38,39)(H2,30,31,32,33). The third-order valence-corrected chi connectivity index (χ3v) is 8.12. The van der Waals surface area contributed by atoms with E-state index >= 15 is 0 Å². The molecule has 2 saturated heterocycles. The van der Waals surface area contributed by atoms with Gasteiger partial charge in [-0.25, -0.2) is 9.78 Å². The molecule has 13 nitrogen and oxygen atoms in total. The molecule has 1 aliphatic carbocycles. The average molecular weight is 567 g/mol. The van der Waals surface area contributed by atoms with E-state index in [1.165, 1.54) is 17.8 Å². The zero-order chi connectivity index (χ0) is 27.8. The highest BCUT2D eigenvalue weighted by Gasteiger charge is 2.29. The third-order valence-electron chi connectivity index (χ3n) is 7.72. The van der Waals surface area contributed by atoms with E-state index in [2.05, 4.69) is 41.6 Å². The van der Waals surface area contributed by atoms with Crippen LogP contribution in [0.5, 0.6) is 0 Å². The van der Waals surface area contributed by atoms with E-state index in [1.807, 2.05) is 6.07 Å². The molecule has 210 valence electrons. The second-order valence-electron chi connectivity index (χ2n) is 10.4. The number of ether oxygens (including phenoxy) is 1. The Morgan fingerprint density at radius 2 is 1.95 bits per heavy atom. The Morgan fingerprint density at radius 3 is 2.62 bits per heavy atom. The van der Waals surface area contributed by atoms with Crippen molar-refractivity contribution in [3.8, 4) is 6.07 Å². The van der Waals surface area contributed by atoms with Crippen molar-refractivity contribution < 1.29 is 14.6 Å². The largest absolute Gasteiger partial charge is 0.465 e. The summed E-state index contributed by atoms with van der Waals surface area (Å²) in [6.45, 7) is 5.02. The molecule has 2 aromatic heterocycles. The van der Waals surface area contributed by atoms with Crippen LogP contribution in [0.4, 0.5) is 33.6 Å². The maximum Gasteiger partial charge on any atom is 0.411 e. The highest BCUT2D eigenvalue weighted by molar-refractivity contribution is 6.36. The van der Waals surface area contributed by atoms with Gasteiger partial charge in [-0.05, 0) is 37.8 Å². The number of amides is 1. The molecule has 3 fully saturated rings. The van der Waals surface area contributed by atoms with Gasteiger partial charge in [0.2, 0.25) is 5.95 Å². The lowest BCUT2D eigenvalue weighted by Crippen LogP contribution is -2.49. The molecule has 0 radical (unpaired) electrons. The van der Waals surface area contributed by atoms with Crippen LogP contribution in [0.2, 0.25) is 5.02 Å². The zero-order valence-corrected chi connectivity index (χ0v) is 22.9. The molecule has 1 saturated carbocycles. The number of nitrogens with zero attached hydrogens (tertiary/aromatic N) is 8. The number of nitrogens with one attached hydrogen (secondary N) is 2. The fourth-order valence-electron chi connectivity index (χ4n) is 5.28. The number of morpholine rings is 1. The number of nitriles is 1. The molecular weight excluding hydrogens is 536 g/mol. The Morgan fingerprint density at radius 1 is 1.20 bits per heavy atom.